The van der Waals surface area contributed by atoms with Crippen LogP contribution in [-0.2, 0) is 54.3 Å². The molecule has 2 heterocycles. The van der Waals surface area contributed by atoms with Crippen LogP contribution in [0.15, 0.2) is 54.6 Å². The van der Waals surface area contributed by atoms with Crippen LogP contribution in [0, 0.1) is 29.1 Å². The molecule has 10 atom stereocenters. The lowest BCUT2D eigenvalue weighted by molar-refractivity contribution is -0.146. The van der Waals surface area contributed by atoms with E-state index in [-0.39, 0.29) is 85.7 Å². The summed E-state index contributed by atoms with van der Waals surface area (Å²) in [6.07, 6.45) is 4.71. The molecule has 3 N–H and O–H groups in total. The van der Waals surface area contributed by atoms with Gasteiger partial charge < -0.3 is 39.9 Å². The minimum atomic E-state index is -1.17. The maximum absolute atomic E-state index is 14.6. The van der Waals surface area contributed by atoms with E-state index < -0.39 is 65.5 Å². The molecule has 382 valence electrons. The summed E-state index contributed by atoms with van der Waals surface area (Å²) in [5, 5.41) is 15.7. The quantitative estimate of drug-likeness (QED) is 0.0640. The van der Waals surface area contributed by atoms with Crippen LogP contribution in [0.2, 0.25) is 0 Å². The molecular weight excluding hydrogens is 885 g/mol. The summed E-state index contributed by atoms with van der Waals surface area (Å²) in [4.78, 5) is 112. The Morgan fingerprint density at radius 1 is 0.884 bits per heavy atom. The topological polar surface area (TPSA) is 212 Å². The Hall–Kier alpha value is -5.42. The van der Waals surface area contributed by atoms with Gasteiger partial charge in [0, 0.05) is 77.9 Å². The maximum Gasteiger partial charge on any atom is 0.326 e. The van der Waals surface area contributed by atoms with Gasteiger partial charge in [-0.25, -0.2) is 4.79 Å². The Labute approximate surface area is 408 Å². The number of aliphatic carboxylic acids is 1. The SMILES string of the molecule is C=C1C[C@@H]([C@H](OC)[C@@H](C)C(=O)N[C@@H](Cc2ccccc2)C(=O)O)N(C(=O)C[C@@H](OC)[C@]2([C@@H](C)CC)C[C@@H]2N(C)C(=O)[C@@H](NC(=O)[C@H](C(C)C)N(C)C(=O)CCCCCN2C(=O)C=CC2=O)C(C)C)C1. The van der Waals surface area contributed by atoms with Crippen LogP contribution in [0.1, 0.15) is 105 Å². The molecule has 69 heavy (non-hydrogen) atoms. The number of carboxylic acids is 1. The van der Waals surface area contributed by atoms with E-state index in [1.54, 1.807) is 62.2 Å². The molecule has 2 aliphatic heterocycles. The third-order valence-corrected chi connectivity index (χ3v) is 14.8. The summed E-state index contributed by atoms with van der Waals surface area (Å²) in [6.45, 7) is 17.9. The summed E-state index contributed by atoms with van der Waals surface area (Å²) in [6, 6.07) is 5.21. The molecule has 7 amide bonds. The van der Waals surface area contributed by atoms with Gasteiger partial charge in [0.1, 0.15) is 18.1 Å². The normalized spacial score (nSPS) is 22.0. The predicted molar refractivity (Wildman–Crippen MR) is 260 cm³/mol. The predicted octanol–water partition coefficient (Wildman–Crippen LogP) is 4.38. The fourth-order valence-corrected chi connectivity index (χ4v) is 10.5. The number of imide groups is 1. The molecule has 1 aromatic rings. The molecule has 2 fully saturated rings. The number of carbonyl (C=O) groups is 8. The highest BCUT2D eigenvalue weighted by Crippen LogP contribution is 2.60. The standard InChI is InChI=1S/C52H78N6O11/c1-13-34(7)52(40(68-11)28-44(62)58-30-33(6)26-38(58)47(69-12)35(8)48(63)53-37(51(66)67)27-36-20-16-14-17-21-36)29-39(52)55(9)50(65)45(31(2)3)54-49(64)46(32(4)5)56(10)41(59)22-18-15-19-25-57-42(60)23-24-43(57)61/h14,16-17,20-21,23-24,31-32,34-35,37-40,45-47H,6,13,15,18-19,22,25-30H2,1-5,7-12H3,(H,53,63)(H,54,64)(H,66,67)/t34-,35+,37-,38-,39-,40+,45-,46-,47+,52-/m0/s1. The van der Waals surface area contributed by atoms with Gasteiger partial charge in [0.2, 0.25) is 29.5 Å². The molecule has 17 heteroatoms. The summed E-state index contributed by atoms with van der Waals surface area (Å²) >= 11 is 0. The molecule has 0 bridgehead atoms. The number of hydrogen-bond acceptors (Lipinski definition) is 10. The van der Waals surface area contributed by atoms with E-state index in [1.807, 2.05) is 33.8 Å². The molecule has 0 spiro atoms. The summed E-state index contributed by atoms with van der Waals surface area (Å²) < 4.78 is 12.1. The van der Waals surface area contributed by atoms with Crippen molar-refractivity contribution in [1.82, 2.24) is 30.2 Å². The highest BCUT2D eigenvalue weighted by molar-refractivity contribution is 6.12. The van der Waals surface area contributed by atoms with Crippen molar-refractivity contribution in [2.75, 3.05) is 41.4 Å². The number of unbranched alkanes of at least 4 members (excludes halogenated alkanes) is 2. The smallest absolute Gasteiger partial charge is 0.326 e. The van der Waals surface area contributed by atoms with Crippen molar-refractivity contribution >= 4 is 47.3 Å². The zero-order valence-corrected chi connectivity index (χ0v) is 42.7. The number of likely N-dealkylation sites (tertiary alicyclic amines) is 1. The third kappa shape index (κ3) is 13.5. The van der Waals surface area contributed by atoms with Crippen LogP contribution in [0.25, 0.3) is 0 Å². The van der Waals surface area contributed by atoms with Crippen molar-refractivity contribution in [1.29, 1.82) is 0 Å². The van der Waals surface area contributed by atoms with E-state index in [2.05, 4.69) is 31.1 Å². The Morgan fingerprint density at radius 2 is 1.52 bits per heavy atom. The number of nitrogens with one attached hydrogen (secondary N) is 2. The van der Waals surface area contributed by atoms with Gasteiger partial charge in [-0.2, -0.15) is 0 Å². The van der Waals surface area contributed by atoms with E-state index >= 15 is 0 Å². The molecule has 0 unspecified atom stereocenters. The van der Waals surface area contributed by atoms with Crippen LogP contribution in [0.5, 0.6) is 0 Å². The molecule has 1 saturated carbocycles. The Morgan fingerprint density at radius 3 is 2.07 bits per heavy atom. The monoisotopic (exact) mass is 963 g/mol. The van der Waals surface area contributed by atoms with Crippen LogP contribution < -0.4 is 10.6 Å². The van der Waals surface area contributed by atoms with Crippen LogP contribution in [-0.4, -0.2) is 156 Å². The molecule has 17 nitrogen and oxygen atoms in total. The van der Waals surface area contributed by atoms with Crippen molar-refractivity contribution in [3.05, 3.63) is 60.2 Å². The van der Waals surface area contributed by atoms with Gasteiger partial charge in [-0.3, -0.25) is 38.5 Å². The van der Waals surface area contributed by atoms with Crippen LogP contribution in [0.4, 0.5) is 0 Å². The molecule has 3 aliphatic rings. The lowest BCUT2D eigenvalue weighted by Crippen LogP contribution is -2.58. The summed E-state index contributed by atoms with van der Waals surface area (Å²) in [7, 11) is 6.35. The van der Waals surface area contributed by atoms with Gasteiger partial charge in [0.15, 0.2) is 0 Å². The van der Waals surface area contributed by atoms with Crippen LogP contribution >= 0.6 is 0 Å². The van der Waals surface area contributed by atoms with Crippen molar-refractivity contribution in [3.8, 4) is 0 Å². The second kappa shape index (κ2) is 24.9. The first-order valence-electron chi connectivity index (χ1n) is 24.5. The number of amides is 7. The number of rotatable bonds is 27. The average molecular weight is 963 g/mol. The zero-order valence-electron chi connectivity index (χ0n) is 42.7. The summed E-state index contributed by atoms with van der Waals surface area (Å²) in [5.41, 5.74) is 0.937. The molecule has 0 radical (unpaired) electrons. The van der Waals surface area contributed by atoms with E-state index in [9.17, 15) is 43.5 Å². The highest BCUT2D eigenvalue weighted by Gasteiger charge is 2.65. The Bertz CT molecular complexity index is 2040. The molecular formula is C52H78N6O11. The zero-order chi connectivity index (χ0) is 51.5. The lowest BCUT2D eigenvalue weighted by Gasteiger charge is -2.38. The Kier molecular flexibility index (Phi) is 20.3. The average Bonchev–Trinajstić information content (AvgIpc) is 3.83. The highest BCUT2D eigenvalue weighted by atomic mass is 16.5. The van der Waals surface area contributed by atoms with E-state index in [4.69, 9.17) is 9.47 Å². The first-order valence-corrected chi connectivity index (χ1v) is 24.5. The molecule has 1 saturated heterocycles. The number of carbonyl (C=O) groups excluding carboxylic acids is 7. The molecule has 1 aromatic carbocycles. The van der Waals surface area contributed by atoms with Gasteiger partial charge in [0.25, 0.3) is 11.8 Å². The van der Waals surface area contributed by atoms with Crippen molar-refractivity contribution in [2.45, 2.75) is 149 Å². The van der Waals surface area contributed by atoms with Gasteiger partial charge in [0.05, 0.1) is 30.6 Å². The number of carboxylic acid groups (broad SMARTS) is 1. The van der Waals surface area contributed by atoms with Crippen molar-refractivity contribution in [3.63, 3.8) is 0 Å². The van der Waals surface area contributed by atoms with Crippen LogP contribution in [0.3, 0.4) is 0 Å². The van der Waals surface area contributed by atoms with Gasteiger partial charge in [-0.15, -0.1) is 0 Å². The second-order valence-electron chi connectivity index (χ2n) is 20.0. The largest absolute Gasteiger partial charge is 0.480 e. The number of nitrogens with zero attached hydrogens (tertiary/aromatic N) is 4. The van der Waals surface area contributed by atoms with Crippen molar-refractivity contribution in [2.24, 2.45) is 29.1 Å². The lowest BCUT2D eigenvalue weighted by atomic mass is 9.80. The fraction of sp³-hybridized carbons (Fsp3) is 0.654. The second-order valence-corrected chi connectivity index (χ2v) is 20.0. The Balaban J connectivity index is 1.43. The first kappa shape index (κ1) is 56.2. The number of benzene rings is 1. The first-order chi connectivity index (χ1) is 32.5. The number of methoxy groups -OCH3 is 2. The molecule has 4 rings (SSSR count). The van der Waals surface area contributed by atoms with Gasteiger partial charge in [-0.05, 0) is 49.0 Å². The number of ether oxygens (including phenoxy) is 2. The molecule has 0 aromatic heterocycles. The van der Waals surface area contributed by atoms with E-state index in [1.165, 1.54) is 29.1 Å². The minimum absolute atomic E-state index is 0.0195. The van der Waals surface area contributed by atoms with Gasteiger partial charge >= 0.3 is 5.97 Å². The summed E-state index contributed by atoms with van der Waals surface area (Å²) in [5.74, 6) is -4.95. The fourth-order valence-electron chi connectivity index (χ4n) is 10.5. The minimum Gasteiger partial charge on any atom is -0.480 e. The third-order valence-electron chi connectivity index (χ3n) is 14.8. The number of hydrogen-bond donors (Lipinski definition) is 3. The molecule has 1 aliphatic carbocycles. The van der Waals surface area contributed by atoms with E-state index in [0.717, 1.165) is 17.6 Å². The van der Waals surface area contributed by atoms with Crippen molar-refractivity contribution < 1.29 is 52.9 Å². The van der Waals surface area contributed by atoms with E-state index in [0.29, 0.717) is 32.1 Å². The van der Waals surface area contributed by atoms with Gasteiger partial charge in [-0.1, -0.05) is 104 Å². The number of likely N-dealkylation sites (N-methyl/N-ethyl adjacent to an activating group) is 2. The maximum atomic E-state index is 14.6.